The Hall–Kier alpha value is -3.52. The van der Waals surface area contributed by atoms with E-state index >= 15 is 0 Å². The minimum absolute atomic E-state index is 0.204. The third kappa shape index (κ3) is 4.46. The van der Waals surface area contributed by atoms with Crippen LogP contribution < -0.4 is 15.5 Å². The quantitative estimate of drug-likeness (QED) is 0.613. The molecule has 8 nitrogen and oxygen atoms in total. The van der Waals surface area contributed by atoms with E-state index in [1.54, 1.807) is 70.2 Å². The van der Waals surface area contributed by atoms with Crippen LogP contribution in [-0.4, -0.2) is 60.8 Å². The predicted octanol–water partition coefficient (Wildman–Crippen LogP) is 2.72. The van der Waals surface area contributed by atoms with Crippen molar-refractivity contribution in [2.75, 3.05) is 24.5 Å². The lowest BCUT2D eigenvalue weighted by molar-refractivity contribution is -0.122. The van der Waals surface area contributed by atoms with Crippen molar-refractivity contribution in [1.82, 2.24) is 10.6 Å². The number of ether oxygens (including phenoxy) is 1. The van der Waals surface area contributed by atoms with Crippen LogP contribution >= 0.6 is 0 Å². The summed E-state index contributed by atoms with van der Waals surface area (Å²) in [7, 11) is 0. The number of fused-ring (bicyclic) bond motifs is 2. The molecule has 1 fully saturated rings. The highest BCUT2D eigenvalue weighted by Gasteiger charge is 2.38. The molecule has 4 rings (SSSR count). The zero-order chi connectivity index (χ0) is 24.6. The summed E-state index contributed by atoms with van der Waals surface area (Å²) >= 11 is 0. The van der Waals surface area contributed by atoms with Crippen molar-refractivity contribution in [1.29, 1.82) is 0 Å². The van der Waals surface area contributed by atoms with E-state index in [4.69, 9.17) is 4.74 Å². The Labute approximate surface area is 198 Å². The molecule has 0 radical (unpaired) electrons. The van der Waals surface area contributed by atoms with Crippen molar-refractivity contribution in [3.8, 4) is 0 Å². The topological polar surface area (TPSA) is 105 Å². The molecule has 1 amide bonds. The smallest absolute Gasteiger partial charge is 0.408 e. The number of hydrogen-bond acceptors (Lipinski definition) is 7. The van der Waals surface area contributed by atoms with Gasteiger partial charge in [-0.15, -0.1) is 0 Å². The number of ketones is 3. The number of piperazine rings is 1. The third-order valence-corrected chi connectivity index (χ3v) is 5.97. The highest BCUT2D eigenvalue weighted by molar-refractivity contribution is 6.30. The first-order chi connectivity index (χ1) is 16.1. The van der Waals surface area contributed by atoms with Gasteiger partial charge in [0.15, 0.2) is 17.3 Å². The molecule has 0 aromatic heterocycles. The predicted molar refractivity (Wildman–Crippen MR) is 128 cm³/mol. The van der Waals surface area contributed by atoms with Crippen molar-refractivity contribution < 1.29 is 23.9 Å². The first-order valence-electron chi connectivity index (χ1n) is 11.4. The summed E-state index contributed by atoms with van der Waals surface area (Å²) in [5.74, 6) is -0.652. The zero-order valence-electron chi connectivity index (χ0n) is 19.8. The molecule has 0 saturated carbocycles. The number of nitrogens with zero attached hydrogens (tertiary/aromatic N) is 1. The van der Waals surface area contributed by atoms with Crippen molar-refractivity contribution in [3.63, 3.8) is 0 Å². The fourth-order valence-corrected chi connectivity index (χ4v) is 4.46. The Morgan fingerprint density at radius 1 is 1.03 bits per heavy atom. The number of Topliss-reactive ketones (excluding diaryl/α,β-unsaturated/α-hetero) is 1. The first-order valence-corrected chi connectivity index (χ1v) is 11.4. The van der Waals surface area contributed by atoms with Crippen LogP contribution in [-0.2, 0) is 9.53 Å². The van der Waals surface area contributed by atoms with Crippen LogP contribution in [0.2, 0.25) is 0 Å². The normalized spacial score (nSPS) is 18.6. The van der Waals surface area contributed by atoms with Crippen LogP contribution in [0.15, 0.2) is 42.5 Å². The summed E-state index contributed by atoms with van der Waals surface area (Å²) < 4.78 is 5.28. The summed E-state index contributed by atoms with van der Waals surface area (Å²) in [6.45, 7) is 8.30. The van der Waals surface area contributed by atoms with Gasteiger partial charge < -0.3 is 20.3 Å². The minimum Gasteiger partial charge on any atom is -0.444 e. The van der Waals surface area contributed by atoms with Gasteiger partial charge in [0.05, 0.1) is 11.6 Å². The zero-order valence-corrected chi connectivity index (χ0v) is 19.8. The fraction of sp³-hybridized carbons (Fsp3) is 0.385. The molecular weight excluding hydrogens is 434 g/mol. The lowest BCUT2D eigenvalue weighted by atomic mass is 9.82. The van der Waals surface area contributed by atoms with E-state index in [9.17, 15) is 19.2 Å². The van der Waals surface area contributed by atoms with E-state index in [1.807, 2.05) is 4.90 Å². The maximum absolute atomic E-state index is 13.5. The standard InChI is InChI=1S/C26H29N3O5/c1-15(28-25(33)34-26(2,3)4)22(30)20-14-27-12-13-29(20)19-11-7-10-18-21(19)24(32)17-9-6-5-8-16(17)23(18)31/h5-11,15,20,27H,12-14H2,1-4H3,(H,28,33)/t15-,20?/m0/s1. The molecule has 2 aliphatic rings. The Morgan fingerprint density at radius 2 is 1.68 bits per heavy atom. The van der Waals surface area contributed by atoms with Gasteiger partial charge in [-0.25, -0.2) is 4.79 Å². The number of benzene rings is 2. The molecule has 2 N–H and O–H groups in total. The second-order valence-electron chi connectivity index (χ2n) is 9.59. The van der Waals surface area contributed by atoms with Gasteiger partial charge in [-0.1, -0.05) is 36.4 Å². The summed E-state index contributed by atoms with van der Waals surface area (Å²) in [5.41, 5.74) is 1.28. The van der Waals surface area contributed by atoms with Gasteiger partial charge in [-0.05, 0) is 33.8 Å². The first kappa shape index (κ1) is 23.6. The summed E-state index contributed by atoms with van der Waals surface area (Å²) in [6.07, 6.45) is -0.668. The Bertz CT molecular complexity index is 1170. The number of nitrogens with one attached hydrogen (secondary N) is 2. The highest BCUT2D eigenvalue weighted by atomic mass is 16.6. The SMILES string of the molecule is C[C@H](NC(=O)OC(C)(C)C)C(=O)C1CNCCN1c1cccc2c1C(=O)c1ccccc1C2=O. The molecule has 0 bridgehead atoms. The van der Waals surface area contributed by atoms with Gasteiger partial charge in [0.1, 0.15) is 11.6 Å². The van der Waals surface area contributed by atoms with Gasteiger partial charge in [0.2, 0.25) is 0 Å². The molecule has 0 spiro atoms. The van der Waals surface area contributed by atoms with Crippen LogP contribution in [0.4, 0.5) is 10.5 Å². The van der Waals surface area contributed by atoms with E-state index in [-0.39, 0.29) is 17.3 Å². The van der Waals surface area contributed by atoms with Crippen molar-refractivity contribution in [2.45, 2.75) is 45.4 Å². The maximum atomic E-state index is 13.5. The number of carbonyl (C=O) groups is 4. The lowest BCUT2D eigenvalue weighted by Crippen LogP contribution is -2.59. The molecule has 34 heavy (non-hydrogen) atoms. The summed E-state index contributed by atoms with van der Waals surface area (Å²) in [4.78, 5) is 54.0. The van der Waals surface area contributed by atoms with E-state index in [0.717, 1.165) is 0 Å². The number of anilines is 1. The Morgan fingerprint density at radius 3 is 2.35 bits per heavy atom. The van der Waals surface area contributed by atoms with E-state index in [0.29, 0.717) is 47.6 Å². The van der Waals surface area contributed by atoms with Crippen LogP contribution in [0.25, 0.3) is 0 Å². The van der Waals surface area contributed by atoms with E-state index < -0.39 is 23.8 Å². The second kappa shape index (κ2) is 9.02. The average molecular weight is 464 g/mol. The number of alkyl carbamates (subject to hydrolysis) is 1. The van der Waals surface area contributed by atoms with Gasteiger partial charge >= 0.3 is 6.09 Å². The molecule has 1 aliphatic carbocycles. The molecule has 1 unspecified atom stereocenters. The van der Waals surface area contributed by atoms with Crippen molar-refractivity contribution in [3.05, 3.63) is 64.7 Å². The molecule has 1 heterocycles. The molecule has 8 heteroatoms. The Balaban J connectivity index is 1.65. The molecule has 1 aliphatic heterocycles. The minimum atomic E-state index is -0.806. The number of hydrogen-bond donors (Lipinski definition) is 2. The van der Waals surface area contributed by atoms with Gasteiger partial charge in [0, 0.05) is 42.0 Å². The molecule has 178 valence electrons. The average Bonchev–Trinajstić information content (AvgIpc) is 2.80. The molecule has 1 saturated heterocycles. The molecular formula is C26H29N3O5. The van der Waals surface area contributed by atoms with Crippen LogP contribution in [0, 0.1) is 0 Å². The van der Waals surface area contributed by atoms with Crippen LogP contribution in [0.3, 0.4) is 0 Å². The van der Waals surface area contributed by atoms with Crippen molar-refractivity contribution in [2.24, 2.45) is 0 Å². The van der Waals surface area contributed by atoms with E-state index in [1.165, 1.54) is 0 Å². The fourth-order valence-electron chi connectivity index (χ4n) is 4.46. The maximum Gasteiger partial charge on any atom is 0.408 e. The molecule has 2 aromatic rings. The van der Waals surface area contributed by atoms with Gasteiger partial charge in [-0.3, -0.25) is 14.4 Å². The summed E-state index contributed by atoms with van der Waals surface area (Å²) in [6, 6.07) is 10.5. The van der Waals surface area contributed by atoms with Crippen LogP contribution in [0.5, 0.6) is 0 Å². The summed E-state index contributed by atoms with van der Waals surface area (Å²) in [5, 5.41) is 5.83. The third-order valence-electron chi connectivity index (χ3n) is 5.97. The monoisotopic (exact) mass is 463 g/mol. The highest BCUT2D eigenvalue weighted by Crippen LogP contribution is 2.35. The van der Waals surface area contributed by atoms with Crippen molar-refractivity contribution >= 4 is 29.1 Å². The lowest BCUT2D eigenvalue weighted by Gasteiger charge is -2.39. The van der Waals surface area contributed by atoms with E-state index in [2.05, 4.69) is 10.6 Å². The second-order valence-corrected chi connectivity index (χ2v) is 9.59. The number of rotatable bonds is 4. The largest absolute Gasteiger partial charge is 0.444 e. The Kier molecular flexibility index (Phi) is 6.27. The van der Waals surface area contributed by atoms with Crippen LogP contribution in [0.1, 0.15) is 59.5 Å². The molecule has 2 aromatic carbocycles. The molecule has 2 atom stereocenters. The number of carbonyl (C=O) groups excluding carboxylic acids is 4. The van der Waals surface area contributed by atoms with Gasteiger partial charge in [-0.2, -0.15) is 0 Å². The van der Waals surface area contributed by atoms with Gasteiger partial charge in [0.25, 0.3) is 0 Å². The number of amides is 1.